The lowest BCUT2D eigenvalue weighted by Crippen LogP contribution is -2.32. The number of hydrogen-bond donors (Lipinski definition) is 1. The number of anilines is 1. The van der Waals surface area contributed by atoms with Gasteiger partial charge in [-0.25, -0.2) is 0 Å². The van der Waals surface area contributed by atoms with Crippen LogP contribution in [0, 0.1) is 20.8 Å². The zero-order valence-electron chi connectivity index (χ0n) is 19.2. The number of hydrogen-bond acceptors (Lipinski definition) is 4. The molecule has 34 heavy (non-hydrogen) atoms. The van der Waals surface area contributed by atoms with Crippen molar-refractivity contribution in [2.24, 2.45) is 0 Å². The van der Waals surface area contributed by atoms with Crippen LogP contribution >= 0.6 is 23.2 Å². The van der Waals surface area contributed by atoms with Gasteiger partial charge in [0.25, 0.3) is 5.91 Å². The Labute approximate surface area is 207 Å². The Morgan fingerprint density at radius 2 is 1.68 bits per heavy atom. The van der Waals surface area contributed by atoms with Crippen molar-refractivity contribution in [2.75, 3.05) is 5.32 Å². The van der Waals surface area contributed by atoms with Crippen molar-refractivity contribution >= 4 is 45.8 Å². The monoisotopic (exact) mass is 495 g/mol. The summed E-state index contributed by atoms with van der Waals surface area (Å²) in [6, 6.07) is 15.7. The molecule has 0 radical (unpaired) electrons. The highest BCUT2D eigenvalue weighted by molar-refractivity contribution is 6.33. The number of benzene rings is 3. The zero-order chi connectivity index (χ0) is 24.6. The minimum Gasteiger partial charge on any atom is -0.473 e. The molecule has 3 aromatic carbocycles. The quantitative estimate of drug-likeness (QED) is 0.320. The summed E-state index contributed by atoms with van der Waals surface area (Å²) in [7, 11) is 0. The van der Waals surface area contributed by atoms with E-state index in [1.807, 2.05) is 32.9 Å². The minimum atomic E-state index is -0.999. The number of ether oxygens (including phenoxy) is 1. The molecular formula is C27H23Cl2NO4. The molecule has 0 aliphatic heterocycles. The molecule has 4 aromatic rings. The van der Waals surface area contributed by atoms with Gasteiger partial charge in [0.05, 0.1) is 10.4 Å². The second-order valence-corrected chi connectivity index (χ2v) is 9.08. The normalized spacial score (nSPS) is 11.9. The Balaban J connectivity index is 1.77. The second kappa shape index (κ2) is 9.53. The predicted molar refractivity (Wildman–Crippen MR) is 137 cm³/mol. The molecule has 0 aliphatic carbocycles. The maximum absolute atomic E-state index is 13.4. The molecule has 0 unspecified atom stereocenters. The van der Waals surface area contributed by atoms with E-state index in [0.29, 0.717) is 21.2 Å². The Kier molecular flexibility index (Phi) is 6.69. The molecule has 0 saturated carbocycles. The highest BCUT2D eigenvalue weighted by Gasteiger charge is 2.25. The highest BCUT2D eigenvalue weighted by atomic mass is 35.5. The van der Waals surface area contributed by atoms with E-state index >= 15 is 0 Å². The maximum atomic E-state index is 13.4. The van der Waals surface area contributed by atoms with Gasteiger partial charge in [0.15, 0.2) is 11.9 Å². The lowest BCUT2D eigenvalue weighted by atomic mass is 10.0. The molecule has 1 heterocycles. The average molecular weight is 496 g/mol. The topological polar surface area (TPSA) is 68.5 Å². The molecule has 0 fully saturated rings. The van der Waals surface area contributed by atoms with Crippen LogP contribution in [0.3, 0.4) is 0 Å². The summed E-state index contributed by atoms with van der Waals surface area (Å²) in [6.07, 6.45) is -0.999. The van der Waals surface area contributed by atoms with E-state index in [4.69, 9.17) is 32.4 Å². The first-order valence-corrected chi connectivity index (χ1v) is 11.5. The smallest absolute Gasteiger partial charge is 0.265 e. The third-order valence-corrected chi connectivity index (χ3v) is 6.08. The first kappa shape index (κ1) is 23.9. The van der Waals surface area contributed by atoms with Crippen LogP contribution in [0.25, 0.3) is 22.3 Å². The van der Waals surface area contributed by atoms with E-state index in [1.165, 1.54) is 6.07 Å². The van der Waals surface area contributed by atoms with Crippen molar-refractivity contribution < 1.29 is 13.9 Å². The summed E-state index contributed by atoms with van der Waals surface area (Å²) in [5.74, 6) is -0.360. The number of halogens is 2. The molecule has 174 valence electrons. The van der Waals surface area contributed by atoms with Crippen LogP contribution in [-0.2, 0) is 4.79 Å². The highest BCUT2D eigenvalue weighted by Crippen LogP contribution is 2.36. The van der Waals surface area contributed by atoms with Crippen LogP contribution in [-0.4, -0.2) is 12.0 Å². The van der Waals surface area contributed by atoms with Crippen molar-refractivity contribution in [3.63, 3.8) is 0 Å². The maximum Gasteiger partial charge on any atom is 0.265 e. The number of carbonyl (C=O) groups is 1. The van der Waals surface area contributed by atoms with Crippen molar-refractivity contribution in [1.29, 1.82) is 0 Å². The molecule has 1 aromatic heterocycles. The van der Waals surface area contributed by atoms with Crippen LogP contribution in [0.2, 0.25) is 10.0 Å². The summed E-state index contributed by atoms with van der Waals surface area (Å²) < 4.78 is 12.0. The van der Waals surface area contributed by atoms with Crippen LogP contribution in [0.4, 0.5) is 5.69 Å². The largest absolute Gasteiger partial charge is 0.473 e. The van der Waals surface area contributed by atoms with Gasteiger partial charge in [-0.05, 0) is 69.2 Å². The van der Waals surface area contributed by atoms with E-state index in [0.717, 1.165) is 22.4 Å². The first-order valence-electron chi connectivity index (χ1n) is 10.7. The van der Waals surface area contributed by atoms with Gasteiger partial charge in [0.1, 0.15) is 5.58 Å². The van der Waals surface area contributed by atoms with Gasteiger partial charge in [0.2, 0.25) is 11.2 Å². The first-order chi connectivity index (χ1) is 16.2. The van der Waals surface area contributed by atoms with Gasteiger partial charge in [-0.2, -0.15) is 0 Å². The van der Waals surface area contributed by atoms with Crippen molar-refractivity contribution in [1.82, 2.24) is 0 Å². The van der Waals surface area contributed by atoms with Gasteiger partial charge < -0.3 is 14.5 Å². The summed E-state index contributed by atoms with van der Waals surface area (Å²) in [5.41, 5.74) is 4.07. The lowest BCUT2D eigenvalue weighted by Gasteiger charge is -2.19. The van der Waals surface area contributed by atoms with E-state index in [2.05, 4.69) is 5.32 Å². The molecule has 1 N–H and O–H groups in total. The van der Waals surface area contributed by atoms with E-state index < -0.39 is 17.4 Å². The van der Waals surface area contributed by atoms with Gasteiger partial charge in [-0.3, -0.25) is 9.59 Å². The Hall–Kier alpha value is -3.28. The number of nitrogens with one attached hydrogen (secondary N) is 1. The zero-order valence-corrected chi connectivity index (χ0v) is 20.7. The SMILES string of the molecule is Cc1cc(C)c(NC(=O)[C@H](C)Oc2c(-c3ccccc3Cl)oc3ccc(Cl)cc3c2=O)c(C)c1. The van der Waals surface area contributed by atoms with E-state index in [-0.39, 0.29) is 16.9 Å². The van der Waals surface area contributed by atoms with Crippen molar-refractivity contribution in [3.8, 4) is 17.1 Å². The molecule has 0 aliphatic rings. The van der Waals surface area contributed by atoms with Crippen LogP contribution in [0.1, 0.15) is 23.6 Å². The predicted octanol–water partition coefficient (Wildman–Crippen LogP) is 7.10. The molecule has 0 spiro atoms. The Morgan fingerprint density at radius 1 is 1.00 bits per heavy atom. The fraction of sp³-hybridized carbons (Fsp3) is 0.185. The number of rotatable bonds is 5. The fourth-order valence-electron chi connectivity index (χ4n) is 3.91. The molecule has 1 atom stereocenters. The molecule has 5 nitrogen and oxygen atoms in total. The van der Waals surface area contributed by atoms with Crippen LogP contribution in [0.5, 0.6) is 5.75 Å². The van der Waals surface area contributed by atoms with Gasteiger partial charge >= 0.3 is 0 Å². The van der Waals surface area contributed by atoms with Crippen molar-refractivity contribution in [2.45, 2.75) is 33.8 Å². The van der Waals surface area contributed by atoms with Gasteiger partial charge in [-0.1, -0.05) is 53.0 Å². The Bertz CT molecular complexity index is 1450. The van der Waals surface area contributed by atoms with E-state index in [1.54, 1.807) is 43.3 Å². The number of fused-ring (bicyclic) bond motifs is 1. The molecule has 4 rings (SSSR count). The minimum absolute atomic E-state index is 0.108. The third-order valence-electron chi connectivity index (χ3n) is 5.52. The summed E-state index contributed by atoms with van der Waals surface area (Å²) in [5, 5.41) is 3.93. The van der Waals surface area contributed by atoms with E-state index in [9.17, 15) is 9.59 Å². The van der Waals surface area contributed by atoms with Crippen LogP contribution < -0.4 is 15.5 Å². The molecular weight excluding hydrogens is 473 g/mol. The summed E-state index contributed by atoms with van der Waals surface area (Å²) in [6.45, 7) is 7.43. The Morgan fingerprint density at radius 3 is 2.35 bits per heavy atom. The number of aryl methyl sites for hydroxylation is 3. The van der Waals surface area contributed by atoms with Crippen molar-refractivity contribution in [3.05, 3.63) is 91.6 Å². The lowest BCUT2D eigenvalue weighted by molar-refractivity contribution is -0.122. The number of amides is 1. The molecule has 1 amide bonds. The fourth-order valence-corrected chi connectivity index (χ4v) is 4.31. The summed E-state index contributed by atoms with van der Waals surface area (Å²) >= 11 is 12.5. The molecule has 0 bridgehead atoms. The molecule has 0 saturated heterocycles. The standard InChI is InChI=1S/C27H23Cl2NO4/c1-14-11-15(2)23(16(3)12-14)30-27(32)17(4)33-26-24(31)20-13-18(28)9-10-22(20)34-25(26)19-7-5-6-8-21(19)29/h5-13,17H,1-4H3,(H,30,32)/t17-/m0/s1. The van der Waals surface area contributed by atoms with Gasteiger partial charge in [-0.15, -0.1) is 0 Å². The third kappa shape index (κ3) is 4.67. The number of carbonyl (C=O) groups excluding carboxylic acids is 1. The summed E-state index contributed by atoms with van der Waals surface area (Å²) in [4.78, 5) is 26.5. The van der Waals surface area contributed by atoms with Crippen LogP contribution in [0.15, 0.2) is 63.8 Å². The second-order valence-electron chi connectivity index (χ2n) is 8.23. The average Bonchev–Trinajstić information content (AvgIpc) is 2.78. The molecule has 7 heteroatoms. The van der Waals surface area contributed by atoms with Gasteiger partial charge in [0, 0.05) is 16.3 Å².